The Bertz CT molecular complexity index is 521. The van der Waals surface area contributed by atoms with E-state index >= 15 is 0 Å². The number of carbonyl (C=O) groups is 3. The number of methoxy groups -OCH3 is 1. The molecule has 114 valence electrons. The minimum atomic E-state index is -1.92. The molecular weight excluding hydrogens is 280 g/mol. The van der Waals surface area contributed by atoms with E-state index in [0.717, 1.165) is 7.11 Å². The van der Waals surface area contributed by atoms with Crippen LogP contribution in [0.5, 0.6) is 0 Å². The van der Waals surface area contributed by atoms with Crippen molar-refractivity contribution in [2.75, 3.05) is 13.7 Å². The number of hydrogen-bond donors (Lipinski definition) is 1. The third kappa shape index (κ3) is 3.72. The Balaban J connectivity index is 3.19. The monoisotopic (exact) mass is 296 g/mol. The molecule has 1 heterocycles. The fourth-order valence-corrected chi connectivity index (χ4v) is 1.98. The third-order valence-electron chi connectivity index (χ3n) is 2.74. The Hall–Kier alpha value is -2.56. The first-order valence-electron chi connectivity index (χ1n) is 6.23. The van der Waals surface area contributed by atoms with Crippen molar-refractivity contribution in [1.29, 1.82) is 5.26 Å². The SMILES string of the molecule is CCOC(=O)C1C=C(C#N)OC(NC(C)=O)(C(=O)OC)C1. The number of rotatable bonds is 4. The average molecular weight is 296 g/mol. The maximum atomic E-state index is 12.0. The van der Waals surface area contributed by atoms with E-state index in [0.29, 0.717) is 0 Å². The first-order chi connectivity index (χ1) is 9.88. The van der Waals surface area contributed by atoms with Crippen molar-refractivity contribution >= 4 is 17.8 Å². The van der Waals surface area contributed by atoms with Crippen LogP contribution in [0.4, 0.5) is 0 Å². The van der Waals surface area contributed by atoms with Crippen molar-refractivity contribution < 1.29 is 28.6 Å². The van der Waals surface area contributed by atoms with Crippen LogP contribution in [0.1, 0.15) is 20.3 Å². The molecule has 0 saturated carbocycles. The largest absolute Gasteiger partial charge is 0.466 e. The zero-order valence-electron chi connectivity index (χ0n) is 12.0. The van der Waals surface area contributed by atoms with E-state index in [2.05, 4.69) is 10.1 Å². The summed E-state index contributed by atoms with van der Waals surface area (Å²) in [5.74, 6) is -3.26. The first kappa shape index (κ1) is 16.5. The quantitative estimate of drug-likeness (QED) is 0.726. The molecule has 0 spiro atoms. The van der Waals surface area contributed by atoms with Gasteiger partial charge >= 0.3 is 11.9 Å². The molecule has 2 atom stereocenters. The van der Waals surface area contributed by atoms with E-state index in [1.807, 2.05) is 0 Å². The van der Waals surface area contributed by atoms with E-state index in [1.165, 1.54) is 13.0 Å². The van der Waals surface area contributed by atoms with Crippen LogP contribution in [0.2, 0.25) is 0 Å². The second kappa shape index (κ2) is 6.74. The Morgan fingerprint density at radius 1 is 1.57 bits per heavy atom. The van der Waals surface area contributed by atoms with Crippen LogP contribution in [-0.2, 0) is 28.6 Å². The molecular formula is C13H16N2O6. The number of hydrogen-bond acceptors (Lipinski definition) is 7. The molecule has 8 nitrogen and oxygen atoms in total. The Kier molecular flexibility index (Phi) is 5.30. The summed E-state index contributed by atoms with van der Waals surface area (Å²) in [7, 11) is 1.11. The summed E-state index contributed by atoms with van der Waals surface area (Å²) < 4.78 is 14.7. The summed E-state index contributed by atoms with van der Waals surface area (Å²) in [6, 6.07) is 1.71. The zero-order valence-corrected chi connectivity index (χ0v) is 12.0. The second-order valence-corrected chi connectivity index (χ2v) is 4.31. The van der Waals surface area contributed by atoms with Crippen molar-refractivity contribution in [2.45, 2.75) is 26.0 Å². The summed E-state index contributed by atoms with van der Waals surface area (Å²) in [5.41, 5.74) is -1.92. The Morgan fingerprint density at radius 2 is 2.24 bits per heavy atom. The van der Waals surface area contributed by atoms with Crippen LogP contribution < -0.4 is 5.32 Å². The van der Waals surface area contributed by atoms with Crippen LogP contribution in [0, 0.1) is 17.2 Å². The number of nitrogens with zero attached hydrogens (tertiary/aromatic N) is 1. The molecule has 1 rings (SSSR count). The molecule has 2 unspecified atom stereocenters. The van der Waals surface area contributed by atoms with Gasteiger partial charge in [-0.05, 0) is 13.0 Å². The summed E-state index contributed by atoms with van der Waals surface area (Å²) in [6.07, 6.45) is 1.03. The van der Waals surface area contributed by atoms with Gasteiger partial charge in [0.15, 0.2) is 5.76 Å². The lowest BCUT2D eigenvalue weighted by atomic mass is 9.93. The van der Waals surface area contributed by atoms with Gasteiger partial charge in [-0.15, -0.1) is 0 Å². The van der Waals surface area contributed by atoms with Gasteiger partial charge < -0.3 is 19.5 Å². The van der Waals surface area contributed by atoms with Gasteiger partial charge in [-0.3, -0.25) is 9.59 Å². The van der Waals surface area contributed by atoms with Crippen LogP contribution in [0.25, 0.3) is 0 Å². The Morgan fingerprint density at radius 3 is 2.71 bits per heavy atom. The number of ether oxygens (including phenoxy) is 3. The van der Waals surface area contributed by atoms with Crippen molar-refractivity contribution in [1.82, 2.24) is 5.32 Å². The van der Waals surface area contributed by atoms with Crippen LogP contribution in [0.15, 0.2) is 11.8 Å². The molecule has 0 aromatic rings. The lowest BCUT2D eigenvalue weighted by Crippen LogP contribution is -2.59. The van der Waals surface area contributed by atoms with Gasteiger partial charge in [0.1, 0.15) is 6.07 Å². The fourth-order valence-electron chi connectivity index (χ4n) is 1.98. The number of nitrogens with one attached hydrogen (secondary N) is 1. The van der Waals surface area contributed by atoms with E-state index in [-0.39, 0.29) is 18.8 Å². The van der Waals surface area contributed by atoms with Gasteiger partial charge in [0.2, 0.25) is 5.91 Å². The second-order valence-electron chi connectivity index (χ2n) is 4.31. The zero-order chi connectivity index (χ0) is 16.0. The molecule has 0 aliphatic carbocycles. The van der Waals surface area contributed by atoms with Crippen LogP contribution >= 0.6 is 0 Å². The van der Waals surface area contributed by atoms with Gasteiger partial charge in [0.05, 0.1) is 19.6 Å². The van der Waals surface area contributed by atoms with Gasteiger partial charge in [0, 0.05) is 13.3 Å². The van der Waals surface area contributed by atoms with E-state index in [4.69, 9.17) is 14.7 Å². The Labute approximate surface area is 121 Å². The van der Waals surface area contributed by atoms with Crippen molar-refractivity contribution in [2.24, 2.45) is 5.92 Å². The summed E-state index contributed by atoms with van der Waals surface area (Å²) in [4.78, 5) is 35.1. The summed E-state index contributed by atoms with van der Waals surface area (Å²) >= 11 is 0. The van der Waals surface area contributed by atoms with Gasteiger partial charge in [-0.2, -0.15) is 5.26 Å². The van der Waals surface area contributed by atoms with Crippen LogP contribution in [-0.4, -0.2) is 37.3 Å². The number of allylic oxidation sites excluding steroid dienone is 1. The normalized spacial score (nSPS) is 23.9. The fraction of sp³-hybridized carbons (Fsp3) is 0.538. The lowest BCUT2D eigenvalue weighted by molar-refractivity contribution is -0.177. The predicted molar refractivity (Wildman–Crippen MR) is 68.1 cm³/mol. The highest BCUT2D eigenvalue weighted by Crippen LogP contribution is 2.31. The molecule has 0 radical (unpaired) electrons. The van der Waals surface area contributed by atoms with Crippen molar-refractivity contribution in [3.63, 3.8) is 0 Å². The molecule has 0 aromatic carbocycles. The van der Waals surface area contributed by atoms with Gasteiger partial charge in [-0.1, -0.05) is 0 Å². The van der Waals surface area contributed by atoms with Gasteiger partial charge in [-0.25, -0.2) is 4.79 Å². The molecule has 0 aromatic heterocycles. The molecule has 1 aliphatic rings. The number of nitriles is 1. The minimum Gasteiger partial charge on any atom is -0.466 e. The lowest BCUT2D eigenvalue weighted by Gasteiger charge is -2.36. The smallest absolute Gasteiger partial charge is 0.372 e. The number of esters is 2. The standard InChI is InChI=1S/C13H16N2O6/c1-4-20-11(17)9-5-10(7-14)21-13(6-9,12(18)19-3)15-8(2)16/h5,9H,4,6H2,1-3H3,(H,15,16). The topological polar surface area (TPSA) is 115 Å². The maximum absolute atomic E-state index is 12.0. The average Bonchev–Trinajstić information content (AvgIpc) is 2.45. The van der Waals surface area contributed by atoms with Gasteiger partial charge in [0.25, 0.3) is 5.72 Å². The molecule has 0 saturated heterocycles. The summed E-state index contributed by atoms with van der Waals surface area (Å²) in [6.45, 7) is 2.96. The van der Waals surface area contributed by atoms with Crippen molar-refractivity contribution in [3.8, 4) is 6.07 Å². The van der Waals surface area contributed by atoms with E-state index in [9.17, 15) is 14.4 Å². The molecule has 1 N–H and O–H groups in total. The molecule has 8 heteroatoms. The molecule has 1 aliphatic heterocycles. The van der Waals surface area contributed by atoms with E-state index in [1.54, 1.807) is 13.0 Å². The van der Waals surface area contributed by atoms with Crippen LogP contribution in [0.3, 0.4) is 0 Å². The third-order valence-corrected chi connectivity index (χ3v) is 2.74. The number of amides is 1. The highest BCUT2D eigenvalue weighted by atomic mass is 16.6. The maximum Gasteiger partial charge on any atom is 0.372 e. The number of carbonyl (C=O) groups excluding carboxylic acids is 3. The minimum absolute atomic E-state index is 0.150. The first-order valence-corrected chi connectivity index (χ1v) is 6.23. The molecule has 21 heavy (non-hydrogen) atoms. The highest BCUT2D eigenvalue weighted by molar-refractivity contribution is 5.87. The molecule has 0 fully saturated rings. The van der Waals surface area contributed by atoms with Crippen molar-refractivity contribution in [3.05, 3.63) is 11.8 Å². The predicted octanol–water partition coefficient (Wildman–Crippen LogP) is -0.00112. The highest BCUT2D eigenvalue weighted by Gasteiger charge is 2.49. The summed E-state index contributed by atoms with van der Waals surface area (Å²) in [5, 5.41) is 11.3. The molecule has 1 amide bonds. The molecule has 0 bridgehead atoms. The van der Waals surface area contributed by atoms with E-state index < -0.39 is 29.5 Å².